The molecule has 0 unspecified atom stereocenters. The predicted molar refractivity (Wildman–Crippen MR) is 99.1 cm³/mol. The largest absolute Gasteiger partial charge is 0.392 e. The summed E-state index contributed by atoms with van der Waals surface area (Å²) in [5, 5.41) is 10.6. The van der Waals surface area contributed by atoms with Gasteiger partial charge in [-0.1, -0.05) is 34.1 Å². The smallest absolute Gasteiger partial charge is 0.352 e. The molecule has 1 N–H and O–H groups in total. The molecule has 27 heavy (non-hydrogen) atoms. The minimum absolute atomic E-state index is 0.0462. The molecule has 7 heteroatoms. The maximum atomic E-state index is 13.4. The molecule has 5 saturated carbocycles. The maximum Gasteiger partial charge on any atom is 0.352 e. The first-order valence-electron chi connectivity index (χ1n) is 9.89. The number of alkyl halides is 1. The summed E-state index contributed by atoms with van der Waals surface area (Å²) in [6.45, 7) is 0. The van der Waals surface area contributed by atoms with Crippen molar-refractivity contribution in [2.24, 2.45) is 34.5 Å². The Kier molecular flexibility index (Phi) is 2.02. The Morgan fingerprint density at radius 3 is 2.15 bits per heavy atom. The molecule has 1 aromatic carbocycles. The summed E-state index contributed by atoms with van der Waals surface area (Å²) in [4.78, 5) is 26.9. The number of nitrogens with zero attached hydrogens (tertiary/aromatic N) is 3. The van der Waals surface area contributed by atoms with Crippen LogP contribution in [-0.4, -0.2) is 30.0 Å². The van der Waals surface area contributed by atoms with Crippen molar-refractivity contribution in [3.63, 3.8) is 0 Å². The Labute approximate surface area is 162 Å². The van der Waals surface area contributed by atoms with Crippen molar-refractivity contribution >= 4 is 15.9 Å². The third-order valence-electron chi connectivity index (χ3n) is 9.30. The van der Waals surface area contributed by atoms with Crippen LogP contribution in [0.25, 0.3) is 5.69 Å². The van der Waals surface area contributed by atoms with E-state index in [4.69, 9.17) is 0 Å². The minimum Gasteiger partial charge on any atom is -0.392 e. The highest BCUT2D eigenvalue weighted by atomic mass is 79.9. The van der Waals surface area contributed by atoms with E-state index in [1.54, 1.807) is 0 Å². The van der Waals surface area contributed by atoms with Crippen LogP contribution in [0.3, 0.4) is 0 Å². The van der Waals surface area contributed by atoms with Crippen LogP contribution in [0.1, 0.15) is 24.9 Å². The minimum atomic E-state index is -0.356. The quantitative estimate of drug-likeness (QED) is 0.697. The molecule has 6 nitrogen and oxygen atoms in total. The van der Waals surface area contributed by atoms with Gasteiger partial charge in [-0.15, -0.1) is 0 Å². The standard InChI is InChI=1S/C20H18BrN3O3/c21-9-6-19-14-11-12-13(11)16(20(14,19)7-10(9)25)24-18(27)22(8-4-2-1-3-5-8)17(26)23(24)15(12)19/h1-5,9-16,25H,6-7H2/t9-,10-,11+,12+,13+,14+,15+,16+,19-,20-/m1/s1. The van der Waals surface area contributed by atoms with Crippen molar-refractivity contribution in [2.45, 2.75) is 35.9 Å². The molecule has 0 amide bonds. The van der Waals surface area contributed by atoms with Gasteiger partial charge in [-0.05, 0) is 48.6 Å². The SMILES string of the molecule is O=c1n(-c2ccccc2)c(=O)n2n1[C@H]1[C@H]3[C@@H]4[C@@H]3[C@H]2[C@]23C[C@@H](Br)[C@H](O)C[C@@]12[C@@H]43. The number of hydrogen-bond donors (Lipinski definition) is 1. The molecular formula is C20H18BrN3O3. The van der Waals surface area contributed by atoms with E-state index in [1.807, 2.05) is 39.7 Å². The van der Waals surface area contributed by atoms with Crippen LogP contribution in [0.5, 0.6) is 0 Å². The highest BCUT2D eigenvalue weighted by Gasteiger charge is 3.03. The fourth-order valence-corrected chi connectivity index (χ4v) is 9.72. The zero-order chi connectivity index (χ0) is 18.0. The van der Waals surface area contributed by atoms with Gasteiger partial charge >= 0.3 is 11.4 Å². The second-order valence-corrected chi connectivity index (χ2v) is 10.8. The van der Waals surface area contributed by atoms with Gasteiger partial charge in [0.1, 0.15) is 0 Å². The highest BCUT2D eigenvalue weighted by molar-refractivity contribution is 9.09. The van der Waals surface area contributed by atoms with Gasteiger partial charge in [-0.25, -0.2) is 23.5 Å². The van der Waals surface area contributed by atoms with E-state index >= 15 is 0 Å². The Balaban J connectivity index is 1.44. The van der Waals surface area contributed by atoms with Gasteiger partial charge in [-0.2, -0.15) is 0 Å². The summed E-state index contributed by atoms with van der Waals surface area (Å²) in [6, 6.07) is 9.50. The molecule has 5 fully saturated rings. The van der Waals surface area contributed by atoms with Crippen molar-refractivity contribution in [2.75, 3.05) is 0 Å². The number of benzene rings is 1. The topological polar surface area (TPSA) is 69.2 Å². The molecule has 5 aliphatic carbocycles. The molecule has 2 aromatic rings. The Morgan fingerprint density at radius 1 is 0.926 bits per heavy atom. The lowest BCUT2D eigenvalue weighted by Gasteiger charge is -2.52. The molecule has 1 aromatic heterocycles. The van der Waals surface area contributed by atoms with E-state index in [1.165, 1.54) is 4.57 Å². The van der Waals surface area contributed by atoms with Crippen molar-refractivity contribution in [1.82, 2.24) is 13.9 Å². The van der Waals surface area contributed by atoms with Crippen LogP contribution in [0.4, 0.5) is 0 Å². The third-order valence-corrected chi connectivity index (χ3v) is 10.2. The van der Waals surface area contributed by atoms with Crippen LogP contribution < -0.4 is 11.4 Å². The maximum absolute atomic E-state index is 13.4. The molecule has 3 heterocycles. The van der Waals surface area contributed by atoms with E-state index < -0.39 is 0 Å². The molecule has 10 atom stereocenters. The first kappa shape index (κ1) is 14.4. The average Bonchev–Trinajstić information content (AvgIpc) is 3.40. The molecule has 138 valence electrons. The van der Waals surface area contributed by atoms with Gasteiger partial charge in [0.15, 0.2) is 0 Å². The molecule has 2 bridgehead atoms. The number of para-hydroxylation sites is 1. The van der Waals surface area contributed by atoms with Crippen LogP contribution in [0.2, 0.25) is 0 Å². The number of hydrogen-bond acceptors (Lipinski definition) is 3. The summed E-state index contributed by atoms with van der Waals surface area (Å²) in [6.07, 6.45) is 1.34. The zero-order valence-electron chi connectivity index (χ0n) is 14.4. The van der Waals surface area contributed by atoms with Crippen LogP contribution >= 0.6 is 15.9 Å². The molecule has 2 spiro atoms. The third kappa shape index (κ3) is 1.10. The van der Waals surface area contributed by atoms with Gasteiger partial charge in [-0.3, -0.25) is 0 Å². The second kappa shape index (κ2) is 3.79. The zero-order valence-corrected chi connectivity index (χ0v) is 16.0. The first-order valence-corrected chi connectivity index (χ1v) is 10.8. The fourth-order valence-electron chi connectivity index (χ4n) is 8.99. The molecule has 0 radical (unpaired) electrons. The van der Waals surface area contributed by atoms with Crippen molar-refractivity contribution in [3.05, 3.63) is 51.3 Å². The van der Waals surface area contributed by atoms with Crippen LogP contribution in [0.15, 0.2) is 39.9 Å². The molecule has 9 rings (SSSR count). The summed E-state index contributed by atoms with van der Waals surface area (Å²) >= 11 is 3.70. The lowest BCUT2D eigenvalue weighted by molar-refractivity contribution is -0.0543. The van der Waals surface area contributed by atoms with Gasteiger partial charge in [0.05, 0.1) is 23.9 Å². The summed E-state index contributed by atoms with van der Waals surface area (Å²) in [5.41, 5.74) is 0.431. The normalized spacial score (nSPS) is 53.9. The number of aromatic nitrogens is 3. The molecule has 0 saturated heterocycles. The fraction of sp³-hybridized carbons (Fsp3) is 0.600. The molecular weight excluding hydrogens is 410 g/mol. The van der Waals surface area contributed by atoms with Crippen LogP contribution in [-0.2, 0) is 0 Å². The number of halogens is 1. The van der Waals surface area contributed by atoms with E-state index in [9.17, 15) is 14.7 Å². The summed E-state index contributed by atoms with van der Waals surface area (Å²) < 4.78 is 5.00. The van der Waals surface area contributed by atoms with Crippen molar-refractivity contribution in [1.29, 1.82) is 0 Å². The van der Waals surface area contributed by atoms with E-state index in [0.717, 1.165) is 12.8 Å². The second-order valence-electron chi connectivity index (χ2n) is 9.60. The van der Waals surface area contributed by atoms with E-state index in [-0.39, 0.29) is 45.2 Å². The van der Waals surface area contributed by atoms with Gasteiger partial charge in [0.25, 0.3) is 0 Å². The monoisotopic (exact) mass is 427 g/mol. The van der Waals surface area contributed by atoms with Crippen molar-refractivity contribution in [3.8, 4) is 5.69 Å². The lowest BCUT2D eigenvalue weighted by Crippen LogP contribution is -2.56. The number of aliphatic hydroxyl groups is 1. The Hall–Kier alpha value is -1.60. The summed E-state index contributed by atoms with van der Waals surface area (Å²) in [5.74, 6) is 2.38. The van der Waals surface area contributed by atoms with Crippen molar-refractivity contribution < 1.29 is 5.11 Å². The lowest BCUT2D eigenvalue weighted by atomic mass is 9.64. The number of aliphatic hydroxyl groups excluding tert-OH is 1. The highest BCUT2D eigenvalue weighted by Crippen LogP contribution is 3.04. The number of rotatable bonds is 1. The van der Waals surface area contributed by atoms with E-state index in [2.05, 4.69) is 15.9 Å². The molecule has 7 aliphatic rings. The first-order chi connectivity index (χ1) is 13.1. The Morgan fingerprint density at radius 2 is 1.52 bits per heavy atom. The van der Waals surface area contributed by atoms with E-state index in [0.29, 0.717) is 29.4 Å². The average molecular weight is 428 g/mol. The predicted octanol–water partition coefficient (Wildman–Crippen LogP) is 1.31. The van der Waals surface area contributed by atoms with Gasteiger partial charge in [0, 0.05) is 15.7 Å². The Bertz CT molecular complexity index is 1110. The van der Waals surface area contributed by atoms with Gasteiger partial charge < -0.3 is 5.11 Å². The van der Waals surface area contributed by atoms with Crippen LogP contribution in [0, 0.1) is 34.5 Å². The van der Waals surface area contributed by atoms with Gasteiger partial charge in [0.2, 0.25) is 0 Å². The summed E-state index contributed by atoms with van der Waals surface area (Å²) in [7, 11) is 0. The molecule has 2 aliphatic heterocycles.